The highest BCUT2D eigenvalue weighted by Gasteiger charge is 2.21. The number of furan rings is 1. The fourth-order valence-corrected chi connectivity index (χ4v) is 7.06. The average molecular weight is 651 g/mol. The summed E-state index contributed by atoms with van der Waals surface area (Å²) in [6.45, 7) is 6.60. The molecule has 0 aliphatic carbocycles. The van der Waals surface area contributed by atoms with Gasteiger partial charge >= 0.3 is 0 Å². The fraction of sp³-hybridized carbons (Fsp3) is 0.0952. The Morgan fingerprint density at radius 2 is 1.48 bits per heavy atom. The number of imidazole rings is 1. The highest BCUT2D eigenvalue weighted by Crippen LogP contribution is 2.41. The molecular weight excluding hydrogens is 621 g/mol. The van der Waals surface area contributed by atoms with Gasteiger partial charge in [0.05, 0.1) is 33.1 Å². The smallest absolute Gasteiger partial charge is 0.237 e. The number of rotatable bonds is 4. The van der Waals surface area contributed by atoms with Crippen LogP contribution in [0.5, 0.6) is 11.5 Å². The Labute approximate surface area is 286 Å². The molecule has 0 aliphatic heterocycles. The van der Waals surface area contributed by atoms with E-state index in [1.54, 1.807) is 6.20 Å². The van der Waals surface area contributed by atoms with E-state index in [1.807, 2.05) is 77.5 Å². The summed E-state index contributed by atoms with van der Waals surface area (Å²) in [5, 5.41) is 4.07. The predicted octanol–water partition coefficient (Wildman–Crippen LogP) is 10.4. The zero-order chi connectivity index (χ0) is 33.6. The molecule has 6 heterocycles. The van der Waals surface area contributed by atoms with Crippen molar-refractivity contribution in [2.24, 2.45) is 0 Å². The Morgan fingerprint density at radius 1 is 0.660 bits per heavy atom. The van der Waals surface area contributed by atoms with E-state index in [2.05, 4.69) is 73.9 Å². The van der Waals surface area contributed by atoms with Crippen molar-refractivity contribution in [3.8, 4) is 28.6 Å². The van der Waals surface area contributed by atoms with Gasteiger partial charge in [0, 0.05) is 52.4 Å². The maximum Gasteiger partial charge on any atom is 0.237 e. The Bertz CT molecular complexity index is 2930. The lowest BCUT2D eigenvalue weighted by molar-refractivity contribution is 0.483. The van der Waals surface area contributed by atoms with Crippen molar-refractivity contribution >= 4 is 60.7 Å². The van der Waals surface area contributed by atoms with E-state index >= 15 is 0 Å². The van der Waals surface area contributed by atoms with Crippen LogP contribution < -0.4 is 4.74 Å². The molecule has 0 atom stereocenters. The summed E-state index contributed by atoms with van der Waals surface area (Å²) in [5.74, 6) is 2.76. The zero-order valence-corrected chi connectivity index (χ0v) is 27.6. The Kier molecular flexibility index (Phi) is 5.97. The monoisotopic (exact) mass is 650 g/mol. The number of pyridine rings is 2. The molecule has 0 spiro atoms. The van der Waals surface area contributed by atoms with Gasteiger partial charge in [0.1, 0.15) is 22.9 Å². The quantitative estimate of drug-likeness (QED) is 0.188. The second kappa shape index (κ2) is 10.5. The first-order valence-electron chi connectivity index (χ1n) is 16.6. The minimum atomic E-state index is 0.0114. The Hall–Kier alpha value is -6.54. The minimum Gasteiger partial charge on any atom is -0.457 e. The summed E-state index contributed by atoms with van der Waals surface area (Å²) in [4.78, 5) is 19.1. The molecule has 0 saturated heterocycles. The van der Waals surface area contributed by atoms with Crippen LogP contribution in [0.25, 0.3) is 77.8 Å². The second-order valence-electron chi connectivity index (χ2n) is 13.7. The molecule has 0 aliphatic rings. The molecule has 0 radical (unpaired) electrons. The van der Waals surface area contributed by atoms with Gasteiger partial charge in [-0.3, -0.25) is 9.55 Å². The molecular formula is C42H30N6O2. The van der Waals surface area contributed by atoms with Gasteiger partial charge in [0.25, 0.3) is 0 Å². The Balaban J connectivity index is 1.16. The first-order chi connectivity index (χ1) is 24.4. The molecule has 8 heteroatoms. The van der Waals surface area contributed by atoms with E-state index in [1.165, 1.54) is 5.56 Å². The van der Waals surface area contributed by atoms with Crippen LogP contribution in [-0.2, 0) is 5.41 Å². The number of fused-ring (bicyclic) bond motifs is 10. The van der Waals surface area contributed by atoms with Crippen molar-refractivity contribution in [1.82, 2.24) is 28.9 Å². The summed E-state index contributed by atoms with van der Waals surface area (Å²) in [7, 11) is 0. The minimum absolute atomic E-state index is 0.0114. The van der Waals surface area contributed by atoms with Crippen LogP contribution in [0.2, 0.25) is 0 Å². The topological polar surface area (TPSA) is 83.3 Å². The summed E-state index contributed by atoms with van der Waals surface area (Å²) in [6, 6.07) is 36.8. The molecule has 0 N–H and O–H groups in total. The highest BCUT2D eigenvalue weighted by atomic mass is 16.5. The maximum absolute atomic E-state index is 6.69. The van der Waals surface area contributed by atoms with Crippen molar-refractivity contribution in [2.75, 3.05) is 0 Å². The zero-order valence-electron chi connectivity index (χ0n) is 27.6. The molecule has 0 fully saturated rings. The van der Waals surface area contributed by atoms with Crippen LogP contribution in [0.3, 0.4) is 0 Å². The number of hydrogen-bond donors (Lipinski definition) is 0. The molecule has 8 nitrogen and oxygen atoms in total. The SMILES string of the molecule is CC(C)(C)c1ccc(-n2c3ccccc3c3ccc(Oc4cc(-c5ccccn5)c5c(c4)oc4c5cnc5nc6ccccc6n54)cc32)nc1. The van der Waals surface area contributed by atoms with Crippen molar-refractivity contribution in [3.63, 3.8) is 0 Å². The lowest BCUT2D eigenvalue weighted by Gasteiger charge is -2.19. The van der Waals surface area contributed by atoms with E-state index in [0.29, 0.717) is 28.6 Å². The first kappa shape index (κ1) is 28.5. The lowest BCUT2D eigenvalue weighted by atomic mass is 9.88. The number of ether oxygens (including phenoxy) is 1. The third-order valence-electron chi connectivity index (χ3n) is 9.50. The molecule has 0 bridgehead atoms. The largest absolute Gasteiger partial charge is 0.457 e. The third-order valence-corrected chi connectivity index (χ3v) is 9.50. The molecule has 4 aromatic carbocycles. The summed E-state index contributed by atoms with van der Waals surface area (Å²) in [5.41, 5.74) is 8.12. The molecule has 0 amide bonds. The van der Waals surface area contributed by atoms with E-state index < -0.39 is 0 Å². The van der Waals surface area contributed by atoms with Gasteiger partial charge < -0.3 is 9.15 Å². The third kappa shape index (κ3) is 4.31. The van der Waals surface area contributed by atoms with Gasteiger partial charge in [0.15, 0.2) is 0 Å². The van der Waals surface area contributed by atoms with Crippen LogP contribution in [0.4, 0.5) is 0 Å². The summed E-state index contributed by atoms with van der Waals surface area (Å²) < 4.78 is 17.5. The van der Waals surface area contributed by atoms with Crippen LogP contribution in [0, 0.1) is 0 Å². The van der Waals surface area contributed by atoms with Gasteiger partial charge in [-0.1, -0.05) is 63.2 Å². The van der Waals surface area contributed by atoms with Crippen molar-refractivity contribution in [1.29, 1.82) is 0 Å². The molecule has 10 rings (SSSR count). The number of aromatic nitrogens is 6. The summed E-state index contributed by atoms with van der Waals surface area (Å²) >= 11 is 0. The van der Waals surface area contributed by atoms with Crippen molar-refractivity contribution in [3.05, 3.63) is 133 Å². The second-order valence-corrected chi connectivity index (χ2v) is 13.7. The average Bonchev–Trinajstić information content (AvgIpc) is 3.80. The molecule has 0 unspecified atom stereocenters. The standard InChI is InChI=1S/C42H30N6O2/c1-42(2,3)25-15-18-38(44-23-25)47-34-13-6-4-10-28(34)29-17-16-26(21-36(29)47)49-27-20-30(32-11-8-9-19-43-32)39-31-24-45-41-46-33-12-5-7-14-35(33)48(41)40(31)50-37(39)22-27/h4-24H,1-3H3. The number of hydrogen-bond acceptors (Lipinski definition) is 6. The number of para-hydroxylation sites is 3. The van der Waals surface area contributed by atoms with E-state index in [0.717, 1.165) is 60.7 Å². The summed E-state index contributed by atoms with van der Waals surface area (Å²) in [6.07, 6.45) is 5.61. The van der Waals surface area contributed by atoms with E-state index in [9.17, 15) is 0 Å². The molecule has 6 aromatic heterocycles. The van der Waals surface area contributed by atoms with Gasteiger partial charge in [-0.15, -0.1) is 0 Å². The van der Waals surface area contributed by atoms with Gasteiger partial charge in [0.2, 0.25) is 11.5 Å². The normalized spacial score (nSPS) is 12.3. The van der Waals surface area contributed by atoms with Crippen LogP contribution in [0.15, 0.2) is 132 Å². The van der Waals surface area contributed by atoms with E-state index in [4.69, 9.17) is 29.1 Å². The predicted molar refractivity (Wildman–Crippen MR) is 198 cm³/mol. The van der Waals surface area contributed by atoms with Gasteiger partial charge in [-0.25, -0.2) is 19.4 Å². The van der Waals surface area contributed by atoms with Crippen molar-refractivity contribution in [2.45, 2.75) is 26.2 Å². The van der Waals surface area contributed by atoms with Gasteiger partial charge in [-0.05, 0) is 65.6 Å². The number of benzene rings is 4. The van der Waals surface area contributed by atoms with E-state index in [-0.39, 0.29) is 5.41 Å². The van der Waals surface area contributed by atoms with Crippen LogP contribution >= 0.6 is 0 Å². The Morgan fingerprint density at radius 3 is 2.30 bits per heavy atom. The van der Waals surface area contributed by atoms with Crippen molar-refractivity contribution < 1.29 is 9.15 Å². The molecule has 10 aromatic rings. The maximum atomic E-state index is 6.69. The lowest BCUT2D eigenvalue weighted by Crippen LogP contribution is -2.11. The van der Waals surface area contributed by atoms with Crippen LogP contribution in [-0.4, -0.2) is 28.9 Å². The molecule has 50 heavy (non-hydrogen) atoms. The van der Waals surface area contributed by atoms with Crippen LogP contribution in [0.1, 0.15) is 26.3 Å². The molecule has 0 saturated carbocycles. The van der Waals surface area contributed by atoms with Gasteiger partial charge in [-0.2, -0.15) is 0 Å². The highest BCUT2D eigenvalue weighted by molar-refractivity contribution is 6.13. The first-order valence-corrected chi connectivity index (χ1v) is 16.6. The fourth-order valence-electron chi connectivity index (χ4n) is 7.06. The molecule has 240 valence electrons. The number of nitrogens with zero attached hydrogens (tertiary/aromatic N) is 6.